The van der Waals surface area contributed by atoms with Crippen LogP contribution in [0.4, 0.5) is 0 Å². The maximum Gasteiger partial charge on any atom is 0.236 e. The number of rotatable bonds is 5. The van der Waals surface area contributed by atoms with E-state index >= 15 is 0 Å². The Labute approximate surface area is 103 Å². The largest absolute Gasteiger partial charge is 0.492 e. The third kappa shape index (κ3) is 4.20. The Bertz CT molecular complexity index is 358. The zero-order valence-electron chi connectivity index (χ0n) is 9.15. The topological polar surface area (TPSA) is 55.6 Å². The molecule has 0 saturated carbocycles. The first kappa shape index (κ1) is 13.0. The summed E-state index contributed by atoms with van der Waals surface area (Å²) in [6.07, 6.45) is 0. The van der Waals surface area contributed by atoms with Crippen LogP contribution in [0.1, 0.15) is 0 Å². The van der Waals surface area contributed by atoms with Crippen molar-refractivity contribution in [2.75, 3.05) is 26.7 Å². The third-order valence-corrected chi connectivity index (χ3v) is 2.59. The van der Waals surface area contributed by atoms with Crippen LogP contribution in [0.3, 0.4) is 0 Å². The lowest BCUT2D eigenvalue weighted by atomic mass is 10.3. The van der Waals surface area contributed by atoms with Crippen molar-refractivity contribution in [3.63, 3.8) is 0 Å². The number of carbonyl (C=O) groups excluding carboxylic acids is 1. The van der Waals surface area contributed by atoms with Crippen molar-refractivity contribution in [1.82, 2.24) is 4.90 Å². The van der Waals surface area contributed by atoms with Gasteiger partial charge in [-0.3, -0.25) is 4.79 Å². The zero-order chi connectivity index (χ0) is 12.0. The van der Waals surface area contributed by atoms with Gasteiger partial charge in [0.1, 0.15) is 12.4 Å². The van der Waals surface area contributed by atoms with E-state index in [0.717, 1.165) is 10.2 Å². The van der Waals surface area contributed by atoms with Crippen molar-refractivity contribution in [3.8, 4) is 5.75 Å². The molecule has 0 atom stereocenters. The van der Waals surface area contributed by atoms with Crippen LogP contribution in [0.25, 0.3) is 0 Å². The van der Waals surface area contributed by atoms with Gasteiger partial charge in [-0.2, -0.15) is 0 Å². The Morgan fingerprint density at radius 2 is 2.31 bits per heavy atom. The highest BCUT2D eigenvalue weighted by atomic mass is 79.9. The number of ether oxygens (including phenoxy) is 1. The molecule has 0 aliphatic rings. The first-order chi connectivity index (χ1) is 7.63. The molecule has 0 aliphatic carbocycles. The molecule has 0 heterocycles. The highest BCUT2D eigenvalue weighted by molar-refractivity contribution is 9.10. The summed E-state index contributed by atoms with van der Waals surface area (Å²) in [5, 5.41) is 0. The van der Waals surface area contributed by atoms with Gasteiger partial charge in [0.25, 0.3) is 0 Å². The van der Waals surface area contributed by atoms with E-state index in [1.54, 1.807) is 11.9 Å². The first-order valence-electron chi connectivity index (χ1n) is 4.96. The van der Waals surface area contributed by atoms with Gasteiger partial charge in [0, 0.05) is 11.5 Å². The van der Waals surface area contributed by atoms with Crippen molar-refractivity contribution in [2.24, 2.45) is 5.73 Å². The summed E-state index contributed by atoms with van der Waals surface area (Å²) < 4.78 is 6.46. The molecule has 0 saturated heterocycles. The van der Waals surface area contributed by atoms with Crippen LogP contribution in [0.2, 0.25) is 0 Å². The number of nitrogens with two attached hydrogens (primary N) is 1. The van der Waals surface area contributed by atoms with Gasteiger partial charge >= 0.3 is 0 Å². The molecular weight excluding hydrogens is 272 g/mol. The van der Waals surface area contributed by atoms with E-state index in [1.807, 2.05) is 24.3 Å². The van der Waals surface area contributed by atoms with Crippen LogP contribution in [-0.4, -0.2) is 37.6 Å². The van der Waals surface area contributed by atoms with Gasteiger partial charge in [0.05, 0.1) is 13.1 Å². The molecule has 4 nitrogen and oxygen atoms in total. The second-order valence-corrected chi connectivity index (χ2v) is 4.24. The fourth-order valence-corrected chi connectivity index (χ4v) is 1.52. The minimum atomic E-state index is -0.0853. The summed E-state index contributed by atoms with van der Waals surface area (Å²) in [6.45, 7) is 1.02. The van der Waals surface area contributed by atoms with E-state index in [9.17, 15) is 4.79 Å². The molecule has 5 heteroatoms. The fraction of sp³-hybridized carbons (Fsp3) is 0.364. The maximum atomic E-state index is 11.1. The fourth-order valence-electron chi connectivity index (χ4n) is 1.14. The molecule has 2 N–H and O–H groups in total. The number of hydrogen-bond donors (Lipinski definition) is 1. The molecule has 0 unspecified atom stereocenters. The summed E-state index contributed by atoms with van der Waals surface area (Å²) in [6, 6.07) is 7.57. The minimum Gasteiger partial charge on any atom is -0.492 e. The minimum absolute atomic E-state index is 0.0351. The monoisotopic (exact) mass is 286 g/mol. The molecule has 0 spiro atoms. The number of carbonyl (C=O) groups is 1. The number of amides is 1. The molecule has 0 aliphatic heterocycles. The smallest absolute Gasteiger partial charge is 0.236 e. The van der Waals surface area contributed by atoms with Gasteiger partial charge in [-0.25, -0.2) is 0 Å². The van der Waals surface area contributed by atoms with Crippen molar-refractivity contribution >= 4 is 21.8 Å². The average molecular weight is 287 g/mol. The lowest BCUT2D eigenvalue weighted by Gasteiger charge is -2.16. The Morgan fingerprint density at radius 1 is 1.56 bits per heavy atom. The van der Waals surface area contributed by atoms with Crippen LogP contribution in [-0.2, 0) is 4.79 Å². The quantitative estimate of drug-likeness (QED) is 0.886. The first-order valence-corrected chi connectivity index (χ1v) is 5.75. The van der Waals surface area contributed by atoms with Crippen LogP contribution in [0.15, 0.2) is 28.7 Å². The summed E-state index contributed by atoms with van der Waals surface area (Å²) in [7, 11) is 1.71. The van der Waals surface area contributed by atoms with E-state index in [4.69, 9.17) is 10.5 Å². The van der Waals surface area contributed by atoms with E-state index < -0.39 is 0 Å². The number of hydrogen-bond acceptors (Lipinski definition) is 3. The van der Waals surface area contributed by atoms with Crippen LogP contribution < -0.4 is 10.5 Å². The van der Waals surface area contributed by atoms with Crippen molar-refractivity contribution in [1.29, 1.82) is 0 Å². The number of likely N-dealkylation sites (N-methyl/N-ethyl adjacent to an activating group) is 1. The Kier molecular flexibility index (Phi) is 5.28. The molecule has 0 bridgehead atoms. The van der Waals surface area contributed by atoms with E-state index in [-0.39, 0.29) is 12.5 Å². The van der Waals surface area contributed by atoms with Gasteiger partial charge in [-0.15, -0.1) is 0 Å². The van der Waals surface area contributed by atoms with E-state index in [2.05, 4.69) is 15.9 Å². The molecule has 1 rings (SSSR count). The van der Waals surface area contributed by atoms with Crippen LogP contribution in [0, 0.1) is 0 Å². The Balaban J connectivity index is 2.33. The molecule has 1 aromatic rings. The summed E-state index contributed by atoms with van der Waals surface area (Å²) in [4.78, 5) is 12.7. The zero-order valence-corrected chi connectivity index (χ0v) is 10.7. The average Bonchev–Trinajstić information content (AvgIpc) is 2.28. The number of halogens is 1. The second-order valence-electron chi connectivity index (χ2n) is 3.33. The van der Waals surface area contributed by atoms with Crippen molar-refractivity contribution < 1.29 is 9.53 Å². The standard InChI is InChI=1S/C11H15BrN2O2/c1-14(11(15)8-13)5-6-16-10-4-2-3-9(12)7-10/h2-4,7H,5-6,8,13H2,1H3. The number of benzene rings is 1. The molecule has 0 fully saturated rings. The van der Waals surface area contributed by atoms with Gasteiger partial charge in [0.2, 0.25) is 5.91 Å². The molecule has 16 heavy (non-hydrogen) atoms. The predicted molar refractivity (Wildman–Crippen MR) is 66.3 cm³/mol. The van der Waals surface area contributed by atoms with Gasteiger partial charge in [-0.05, 0) is 18.2 Å². The molecule has 0 aromatic heterocycles. The second kappa shape index (κ2) is 6.50. The van der Waals surface area contributed by atoms with Crippen molar-refractivity contribution in [2.45, 2.75) is 0 Å². The van der Waals surface area contributed by atoms with Gasteiger partial charge < -0.3 is 15.4 Å². The van der Waals surface area contributed by atoms with E-state index in [1.165, 1.54) is 0 Å². The molecule has 0 radical (unpaired) electrons. The molecular formula is C11H15BrN2O2. The maximum absolute atomic E-state index is 11.1. The lowest BCUT2D eigenvalue weighted by molar-refractivity contribution is -0.128. The molecule has 1 aromatic carbocycles. The SMILES string of the molecule is CN(CCOc1cccc(Br)c1)C(=O)CN. The number of nitrogens with zero attached hydrogens (tertiary/aromatic N) is 1. The van der Waals surface area contributed by atoms with Crippen LogP contribution in [0.5, 0.6) is 5.75 Å². The molecule has 1 amide bonds. The third-order valence-electron chi connectivity index (χ3n) is 2.09. The summed E-state index contributed by atoms with van der Waals surface area (Å²) in [5.41, 5.74) is 5.24. The lowest BCUT2D eigenvalue weighted by Crippen LogP contribution is -2.35. The van der Waals surface area contributed by atoms with Crippen LogP contribution >= 0.6 is 15.9 Å². The molecule has 88 valence electrons. The van der Waals surface area contributed by atoms with Gasteiger partial charge in [0.15, 0.2) is 0 Å². The predicted octanol–water partition coefficient (Wildman–Crippen LogP) is 1.25. The summed E-state index contributed by atoms with van der Waals surface area (Å²) in [5.74, 6) is 0.695. The highest BCUT2D eigenvalue weighted by Crippen LogP contribution is 2.17. The Hall–Kier alpha value is -1.07. The Morgan fingerprint density at radius 3 is 2.94 bits per heavy atom. The van der Waals surface area contributed by atoms with Gasteiger partial charge in [-0.1, -0.05) is 22.0 Å². The highest BCUT2D eigenvalue weighted by Gasteiger charge is 2.05. The van der Waals surface area contributed by atoms with Crippen molar-refractivity contribution in [3.05, 3.63) is 28.7 Å². The normalized spacial score (nSPS) is 9.94. The van der Waals surface area contributed by atoms with E-state index in [0.29, 0.717) is 13.2 Å². The summed E-state index contributed by atoms with van der Waals surface area (Å²) >= 11 is 3.36.